The average Bonchev–Trinajstić information content (AvgIpc) is 3.07. The lowest BCUT2D eigenvalue weighted by Crippen LogP contribution is -2.38. The fourth-order valence-electron chi connectivity index (χ4n) is 4.52. The number of fused-ring (bicyclic) bond motifs is 4. The van der Waals surface area contributed by atoms with Crippen molar-refractivity contribution in [1.29, 1.82) is 0 Å². The van der Waals surface area contributed by atoms with Gasteiger partial charge in [-0.1, -0.05) is 49.1 Å². The first-order valence-corrected chi connectivity index (χ1v) is 14.1. The predicted molar refractivity (Wildman–Crippen MR) is 130 cm³/mol. The van der Waals surface area contributed by atoms with Crippen molar-refractivity contribution >= 4 is 46.1 Å². The second-order valence-electron chi connectivity index (χ2n) is 9.47. The van der Waals surface area contributed by atoms with Crippen molar-refractivity contribution in [3.63, 3.8) is 0 Å². The first kappa shape index (κ1) is 19.1. The normalized spacial score (nSPS) is 12.3. The molecule has 0 fully saturated rings. The minimum atomic E-state index is -1.34. The predicted octanol–water partition coefficient (Wildman–Crippen LogP) is 6.39. The van der Waals surface area contributed by atoms with Gasteiger partial charge in [-0.15, -0.1) is 0 Å². The van der Waals surface area contributed by atoms with Gasteiger partial charge in [0.2, 0.25) is 11.2 Å². The maximum absolute atomic E-state index is 6.40. The molecule has 0 bridgehead atoms. The van der Waals surface area contributed by atoms with Crippen molar-refractivity contribution < 1.29 is 8.98 Å². The zero-order valence-electron chi connectivity index (χ0n) is 18.6. The van der Waals surface area contributed by atoms with Gasteiger partial charge in [-0.05, 0) is 49.2 Å². The van der Waals surface area contributed by atoms with E-state index in [9.17, 15) is 0 Å². The molecule has 2 aromatic heterocycles. The third kappa shape index (κ3) is 2.80. The van der Waals surface area contributed by atoms with Gasteiger partial charge in [0, 0.05) is 28.3 Å². The van der Waals surface area contributed by atoms with Crippen LogP contribution in [0.3, 0.4) is 0 Å². The van der Waals surface area contributed by atoms with Crippen LogP contribution in [-0.4, -0.2) is 8.07 Å². The third-order valence-electron chi connectivity index (χ3n) is 6.48. The molecule has 0 amide bonds. The van der Waals surface area contributed by atoms with Gasteiger partial charge in [0.25, 0.3) is 0 Å². The van der Waals surface area contributed by atoms with Gasteiger partial charge in [0.15, 0.2) is 0 Å². The van der Waals surface area contributed by atoms with Crippen LogP contribution < -0.4 is 9.75 Å². The number of pyridine rings is 1. The smallest absolute Gasteiger partial charge is 0.216 e. The van der Waals surface area contributed by atoms with Crippen LogP contribution in [0.2, 0.25) is 19.6 Å². The van der Waals surface area contributed by atoms with E-state index in [-0.39, 0.29) is 0 Å². The van der Waals surface area contributed by atoms with Crippen LogP contribution in [0.15, 0.2) is 65.1 Å². The van der Waals surface area contributed by atoms with Crippen molar-refractivity contribution in [1.82, 2.24) is 0 Å². The summed E-state index contributed by atoms with van der Waals surface area (Å²) in [5.74, 6) is 0. The number of hydrogen-bond acceptors (Lipinski definition) is 1. The molecule has 0 spiro atoms. The molecule has 0 saturated carbocycles. The minimum absolute atomic E-state index is 0.946. The Labute approximate surface area is 178 Å². The van der Waals surface area contributed by atoms with Gasteiger partial charge in [-0.2, -0.15) is 4.57 Å². The van der Waals surface area contributed by atoms with Crippen LogP contribution >= 0.6 is 0 Å². The van der Waals surface area contributed by atoms with Crippen molar-refractivity contribution in [2.45, 2.75) is 33.5 Å². The number of furan rings is 1. The lowest BCUT2D eigenvalue weighted by molar-refractivity contribution is -0.633. The van der Waals surface area contributed by atoms with E-state index in [2.05, 4.69) is 99.7 Å². The number of benzene rings is 3. The monoisotopic (exact) mass is 410 g/mol. The minimum Gasteiger partial charge on any atom is -0.455 e. The van der Waals surface area contributed by atoms with E-state index < -0.39 is 8.07 Å². The number of aromatic nitrogens is 1. The van der Waals surface area contributed by atoms with Crippen LogP contribution in [0.25, 0.3) is 44.1 Å². The summed E-state index contributed by atoms with van der Waals surface area (Å²) in [7, 11) is 0.827. The molecule has 0 N–H and O–H groups in total. The Balaban J connectivity index is 1.83. The molecule has 0 aliphatic rings. The molecule has 0 atom stereocenters. The van der Waals surface area contributed by atoms with Crippen molar-refractivity contribution in [3.05, 3.63) is 71.8 Å². The molecule has 0 unspecified atom stereocenters. The van der Waals surface area contributed by atoms with Crippen LogP contribution in [-0.2, 0) is 7.05 Å². The maximum Gasteiger partial charge on any atom is 0.216 e. The molecule has 30 heavy (non-hydrogen) atoms. The molecule has 0 radical (unpaired) electrons. The van der Waals surface area contributed by atoms with Gasteiger partial charge in [-0.3, -0.25) is 0 Å². The summed E-state index contributed by atoms with van der Waals surface area (Å²) in [6.07, 6.45) is 0. The second-order valence-corrected chi connectivity index (χ2v) is 14.5. The zero-order valence-corrected chi connectivity index (χ0v) is 19.6. The largest absolute Gasteiger partial charge is 0.455 e. The van der Waals surface area contributed by atoms with Crippen LogP contribution in [0, 0.1) is 13.8 Å². The topological polar surface area (TPSA) is 17.0 Å². The van der Waals surface area contributed by atoms with E-state index in [4.69, 9.17) is 4.42 Å². The Morgan fingerprint density at radius 1 is 0.833 bits per heavy atom. The van der Waals surface area contributed by atoms with Crippen LogP contribution in [0.5, 0.6) is 0 Å². The number of hydrogen-bond donors (Lipinski definition) is 0. The molecule has 0 aliphatic carbocycles. The molecule has 3 heteroatoms. The molecule has 150 valence electrons. The van der Waals surface area contributed by atoms with E-state index in [1.807, 2.05) is 6.07 Å². The quantitative estimate of drug-likeness (QED) is 0.243. The van der Waals surface area contributed by atoms with E-state index >= 15 is 0 Å². The Morgan fingerprint density at radius 2 is 1.60 bits per heavy atom. The summed E-state index contributed by atoms with van der Waals surface area (Å²) < 4.78 is 8.71. The molecular weight excluding hydrogens is 382 g/mol. The average molecular weight is 411 g/mol. The highest BCUT2D eigenvalue weighted by molar-refractivity contribution is 6.88. The lowest BCUT2D eigenvalue weighted by atomic mass is 9.96. The van der Waals surface area contributed by atoms with Crippen molar-refractivity contribution in [3.8, 4) is 11.3 Å². The number of rotatable bonds is 2. The summed E-state index contributed by atoms with van der Waals surface area (Å²) in [4.78, 5) is 0. The van der Waals surface area contributed by atoms with Gasteiger partial charge >= 0.3 is 0 Å². The lowest BCUT2D eigenvalue weighted by Gasteiger charge is -2.17. The van der Waals surface area contributed by atoms with Gasteiger partial charge in [0.05, 0.1) is 13.6 Å². The number of aryl methyl sites for hydroxylation is 2. The maximum atomic E-state index is 6.40. The van der Waals surface area contributed by atoms with Gasteiger partial charge in [-0.25, -0.2) is 0 Å². The van der Waals surface area contributed by atoms with E-state index in [1.54, 1.807) is 0 Å². The molecule has 3 aromatic carbocycles. The number of para-hydroxylation sites is 1. The van der Waals surface area contributed by atoms with E-state index in [1.165, 1.54) is 49.2 Å². The first-order valence-electron chi connectivity index (χ1n) is 10.6. The van der Waals surface area contributed by atoms with Gasteiger partial charge < -0.3 is 4.42 Å². The molecule has 5 aromatic rings. The molecular formula is C27H28NOSi+. The molecule has 2 nitrogen and oxygen atoms in total. The summed E-state index contributed by atoms with van der Waals surface area (Å²) >= 11 is 0. The second kappa shape index (κ2) is 6.54. The summed E-state index contributed by atoms with van der Waals surface area (Å²) in [6.45, 7) is 11.6. The van der Waals surface area contributed by atoms with Gasteiger partial charge in [0.1, 0.15) is 18.2 Å². The number of nitrogens with zero attached hydrogens (tertiary/aromatic N) is 1. The van der Waals surface area contributed by atoms with Crippen LogP contribution in [0.4, 0.5) is 0 Å². The Bertz CT molecular complexity index is 1450. The molecule has 2 heterocycles. The van der Waals surface area contributed by atoms with E-state index in [0.29, 0.717) is 0 Å². The third-order valence-corrected chi connectivity index (χ3v) is 8.52. The molecule has 5 rings (SSSR count). The highest BCUT2D eigenvalue weighted by Gasteiger charge is 2.24. The standard InChI is InChI=1S/C27H28NOSi/c1-17-15-22-21-9-7-8-10-25(21)29-27(22)26(18(17)2)24-13-11-19-16-20(30(4,5)6)12-14-23(19)28(24)3/h7-16H,1-6H3/q+1. The fraction of sp³-hybridized carbons (Fsp3) is 0.222. The molecule has 0 saturated heterocycles. The fourth-order valence-corrected chi connectivity index (χ4v) is 5.69. The first-order chi connectivity index (χ1) is 14.3. The summed E-state index contributed by atoms with van der Waals surface area (Å²) in [6, 6.07) is 22.1. The summed E-state index contributed by atoms with van der Waals surface area (Å²) in [5, 5.41) is 5.17. The van der Waals surface area contributed by atoms with Crippen molar-refractivity contribution in [2.75, 3.05) is 0 Å². The van der Waals surface area contributed by atoms with Crippen LogP contribution in [0.1, 0.15) is 11.1 Å². The highest BCUT2D eigenvalue weighted by Crippen LogP contribution is 2.38. The zero-order chi connectivity index (χ0) is 21.2. The van der Waals surface area contributed by atoms with E-state index in [0.717, 1.165) is 11.2 Å². The summed E-state index contributed by atoms with van der Waals surface area (Å²) in [5.41, 5.74) is 8.12. The molecule has 0 aliphatic heterocycles. The Hall–Kier alpha value is -2.91. The highest BCUT2D eigenvalue weighted by atomic mass is 28.3. The Morgan fingerprint density at radius 3 is 2.37 bits per heavy atom. The SMILES string of the molecule is Cc1cc2c(oc3ccccc32)c(-c2ccc3cc([Si](C)(C)C)ccc3[n+]2C)c1C. The van der Waals surface area contributed by atoms with Crippen molar-refractivity contribution in [2.24, 2.45) is 7.05 Å². The Kier molecular flexibility index (Phi) is 4.16.